The first-order chi connectivity index (χ1) is 9.54. The normalized spacial score (nSPS) is 10.6. The molecule has 0 N–H and O–H groups in total. The van der Waals surface area contributed by atoms with Gasteiger partial charge in [0.2, 0.25) is 0 Å². The van der Waals surface area contributed by atoms with Gasteiger partial charge in [0.1, 0.15) is 11.6 Å². The molecule has 0 saturated carbocycles. The van der Waals surface area contributed by atoms with Gasteiger partial charge in [-0.2, -0.15) is 0 Å². The second kappa shape index (κ2) is 6.67. The predicted octanol–water partition coefficient (Wildman–Crippen LogP) is 4.53. The molecule has 0 amide bonds. The number of carbonyl (C=O) groups is 1. The van der Waals surface area contributed by atoms with Crippen LogP contribution >= 0.6 is 11.6 Å². The monoisotopic (exact) mass is 290 g/mol. The van der Waals surface area contributed by atoms with Gasteiger partial charge in [-0.05, 0) is 42.7 Å². The lowest BCUT2D eigenvalue weighted by atomic mass is 10.0. The summed E-state index contributed by atoms with van der Waals surface area (Å²) >= 11 is 5.81. The summed E-state index contributed by atoms with van der Waals surface area (Å²) in [7, 11) is 0. The molecule has 0 aliphatic carbocycles. The molecule has 0 aliphatic heterocycles. The Morgan fingerprint density at radius 1 is 1.20 bits per heavy atom. The first-order valence-corrected chi connectivity index (χ1v) is 6.93. The molecule has 0 radical (unpaired) electrons. The Labute approximate surface area is 123 Å². The Hall–Kier alpha value is -1.67. The van der Waals surface area contributed by atoms with Crippen molar-refractivity contribution in [2.24, 2.45) is 0 Å². The lowest BCUT2D eigenvalue weighted by molar-refractivity contribution is -0.118. The third-order valence-corrected chi connectivity index (χ3v) is 3.41. The van der Waals surface area contributed by atoms with E-state index in [4.69, 9.17) is 11.6 Å². The van der Waals surface area contributed by atoms with Gasteiger partial charge in [-0.25, -0.2) is 4.39 Å². The highest BCUT2D eigenvalue weighted by molar-refractivity contribution is 6.30. The topological polar surface area (TPSA) is 17.1 Å². The van der Waals surface area contributed by atoms with E-state index in [-0.39, 0.29) is 18.0 Å². The van der Waals surface area contributed by atoms with Crippen molar-refractivity contribution in [3.8, 4) is 0 Å². The minimum Gasteiger partial charge on any atom is -0.299 e. The zero-order valence-electron chi connectivity index (χ0n) is 11.3. The molecule has 0 saturated heterocycles. The van der Waals surface area contributed by atoms with Gasteiger partial charge in [0.25, 0.3) is 0 Å². The van der Waals surface area contributed by atoms with E-state index in [9.17, 15) is 9.18 Å². The first kappa shape index (κ1) is 14.7. The molecule has 0 bridgehead atoms. The van der Waals surface area contributed by atoms with Crippen molar-refractivity contribution in [2.45, 2.75) is 26.2 Å². The van der Waals surface area contributed by atoms with Gasteiger partial charge in [-0.15, -0.1) is 0 Å². The second-order valence-corrected chi connectivity index (χ2v) is 5.38. The molecule has 2 rings (SSSR count). The molecule has 0 aliphatic rings. The fourth-order valence-electron chi connectivity index (χ4n) is 2.13. The smallest absolute Gasteiger partial charge is 0.137 e. The number of ketones is 1. The summed E-state index contributed by atoms with van der Waals surface area (Å²) in [6.07, 6.45) is 1.19. The zero-order valence-corrected chi connectivity index (χ0v) is 12.1. The van der Waals surface area contributed by atoms with E-state index in [0.29, 0.717) is 23.4 Å². The van der Waals surface area contributed by atoms with Crippen molar-refractivity contribution >= 4 is 17.4 Å². The molecule has 0 spiro atoms. The molecule has 0 unspecified atom stereocenters. The Bertz CT molecular complexity index is 622. The van der Waals surface area contributed by atoms with Gasteiger partial charge in [0.15, 0.2) is 0 Å². The Morgan fingerprint density at radius 3 is 2.75 bits per heavy atom. The van der Waals surface area contributed by atoms with Crippen LogP contribution in [-0.4, -0.2) is 5.78 Å². The van der Waals surface area contributed by atoms with E-state index in [1.807, 2.05) is 25.1 Å². The third-order valence-electron chi connectivity index (χ3n) is 3.17. The van der Waals surface area contributed by atoms with Gasteiger partial charge >= 0.3 is 0 Å². The van der Waals surface area contributed by atoms with E-state index in [0.717, 1.165) is 5.56 Å². The van der Waals surface area contributed by atoms with Crippen molar-refractivity contribution in [1.82, 2.24) is 0 Å². The minimum atomic E-state index is -0.377. The van der Waals surface area contributed by atoms with Crippen LogP contribution in [0.2, 0.25) is 5.02 Å². The van der Waals surface area contributed by atoms with Crippen LogP contribution in [0.15, 0.2) is 42.5 Å². The molecule has 104 valence electrons. The number of Topliss-reactive ketones (excluding diaryl/α,β-unsaturated/α-hetero) is 1. The molecule has 2 aromatic carbocycles. The quantitative estimate of drug-likeness (QED) is 0.790. The summed E-state index contributed by atoms with van der Waals surface area (Å²) < 4.78 is 13.5. The van der Waals surface area contributed by atoms with Crippen LogP contribution in [0.3, 0.4) is 0 Å². The van der Waals surface area contributed by atoms with E-state index in [1.54, 1.807) is 0 Å². The highest BCUT2D eigenvalue weighted by atomic mass is 35.5. The maximum Gasteiger partial charge on any atom is 0.137 e. The average molecular weight is 291 g/mol. The van der Waals surface area contributed by atoms with Gasteiger partial charge < -0.3 is 0 Å². The lowest BCUT2D eigenvalue weighted by Crippen LogP contribution is -2.06. The van der Waals surface area contributed by atoms with Gasteiger partial charge in [-0.1, -0.05) is 41.4 Å². The predicted molar refractivity (Wildman–Crippen MR) is 79.6 cm³/mol. The standard InChI is InChI=1S/C17H16ClFO/c1-12-3-2-4-13(9-12)5-7-16(20)11-14-10-15(18)6-8-17(14)19/h2-4,6,8-10H,5,7,11H2,1H3. The first-order valence-electron chi connectivity index (χ1n) is 6.56. The fourth-order valence-corrected chi connectivity index (χ4v) is 2.33. The number of benzene rings is 2. The van der Waals surface area contributed by atoms with E-state index in [1.165, 1.54) is 23.8 Å². The molecule has 0 heterocycles. The molecule has 0 atom stereocenters. The maximum atomic E-state index is 13.5. The van der Waals surface area contributed by atoms with Crippen LogP contribution < -0.4 is 0 Å². The summed E-state index contributed by atoms with van der Waals surface area (Å²) in [6.45, 7) is 2.02. The highest BCUT2D eigenvalue weighted by Crippen LogP contribution is 2.16. The second-order valence-electron chi connectivity index (χ2n) is 4.94. The lowest BCUT2D eigenvalue weighted by Gasteiger charge is -2.05. The maximum absolute atomic E-state index is 13.5. The molecule has 2 aromatic rings. The van der Waals surface area contributed by atoms with Crippen LogP contribution in [0.1, 0.15) is 23.1 Å². The largest absolute Gasteiger partial charge is 0.299 e. The van der Waals surface area contributed by atoms with E-state index in [2.05, 4.69) is 6.07 Å². The van der Waals surface area contributed by atoms with Crippen molar-refractivity contribution in [3.05, 3.63) is 70.0 Å². The SMILES string of the molecule is Cc1cccc(CCC(=O)Cc2cc(Cl)ccc2F)c1. The van der Waals surface area contributed by atoms with Crippen LogP contribution in [0.4, 0.5) is 4.39 Å². The van der Waals surface area contributed by atoms with Crippen LogP contribution in [-0.2, 0) is 17.6 Å². The molecule has 20 heavy (non-hydrogen) atoms. The highest BCUT2D eigenvalue weighted by Gasteiger charge is 2.09. The van der Waals surface area contributed by atoms with Crippen molar-refractivity contribution in [1.29, 1.82) is 0 Å². The molecular weight excluding hydrogens is 275 g/mol. The average Bonchev–Trinajstić information content (AvgIpc) is 2.41. The Kier molecular flexibility index (Phi) is 4.91. The molecule has 0 aromatic heterocycles. The van der Waals surface area contributed by atoms with E-state index < -0.39 is 0 Å². The number of aryl methyl sites for hydroxylation is 2. The fraction of sp³-hybridized carbons (Fsp3) is 0.235. The number of carbonyl (C=O) groups excluding carboxylic acids is 1. The number of rotatable bonds is 5. The summed E-state index contributed by atoms with van der Waals surface area (Å²) in [5.41, 5.74) is 2.67. The molecule has 0 fully saturated rings. The molecule has 3 heteroatoms. The Morgan fingerprint density at radius 2 is 2.00 bits per heavy atom. The number of hydrogen-bond acceptors (Lipinski definition) is 1. The van der Waals surface area contributed by atoms with Crippen LogP contribution in [0, 0.1) is 12.7 Å². The van der Waals surface area contributed by atoms with Crippen molar-refractivity contribution < 1.29 is 9.18 Å². The van der Waals surface area contributed by atoms with Crippen molar-refractivity contribution in [3.63, 3.8) is 0 Å². The Balaban J connectivity index is 1.94. The van der Waals surface area contributed by atoms with Crippen LogP contribution in [0.5, 0.6) is 0 Å². The number of halogens is 2. The molecular formula is C17H16ClFO. The summed E-state index contributed by atoms with van der Waals surface area (Å²) in [6, 6.07) is 12.4. The van der Waals surface area contributed by atoms with E-state index >= 15 is 0 Å². The zero-order chi connectivity index (χ0) is 14.5. The summed E-state index contributed by atoms with van der Waals surface area (Å²) in [4.78, 5) is 11.9. The van der Waals surface area contributed by atoms with Gasteiger partial charge in [0.05, 0.1) is 0 Å². The minimum absolute atomic E-state index is 0.0210. The summed E-state index contributed by atoms with van der Waals surface area (Å²) in [5, 5.41) is 0.452. The molecule has 1 nitrogen and oxygen atoms in total. The number of hydrogen-bond donors (Lipinski definition) is 0. The third kappa shape index (κ3) is 4.17. The van der Waals surface area contributed by atoms with Gasteiger partial charge in [0, 0.05) is 17.9 Å². The van der Waals surface area contributed by atoms with Crippen LogP contribution in [0.25, 0.3) is 0 Å². The van der Waals surface area contributed by atoms with Crippen molar-refractivity contribution in [2.75, 3.05) is 0 Å². The summed E-state index contributed by atoms with van der Waals surface area (Å²) in [5.74, 6) is -0.356. The van der Waals surface area contributed by atoms with Gasteiger partial charge in [-0.3, -0.25) is 4.79 Å².